The second-order valence-electron chi connectivity index (χ2n) is 3.82. The Hall–Kier alpha value is -0.130. The molecule has 1 aliphatic rings. The van der Waals surface area contributed by atoms with Crippen molar-refractivity contribution in [1.82, 2.24) is 10.0 Å². The predicted molar refractivity (Wildman–Crippen MR) is 57.7 cm³/mol. The maximum absolute atomic E-state index is 11.4. The molecule has 0 aromatic carbocycles. The van der Waals surface area contributed by atoms with Gasteiger partial charge >= 0.3 is 0 Å². The number of nitrogens with one attached hydrogen (secondary N) is 2. The van der Waals surface area contributed by atoms with Crippen LogP contribution in [0.5, 0.6) is 0 Å². The average molecular weight is 220 g/mol. The minimum absolute atomic E-state index is 0.243. The summed E-state index contributed by atoms with van der Waals surface area (Å²) in [5.41, 5.74) is 0. The maximum atomic E-state index is 11.4. The van der Waals surface area contributed by atoms with E-state index in [4.69, 9.17) is 0 Å². The molecule has 0 spiro atoms. The zero-order valence-electron chi connectivity index (χ0n) is 8.75. The van der Waals surface area contributed by atoms with Crippen molar-refractivity contribution in [3.63, 3.8) is 0 Å². The third-order valence-electron chi connectivity index (χ3n) is 2.31. The van der Waals surface area contributed by atoms with E-state index < -0.39 is 10.0 Å². The van der Waals surface area contributed by atoms with Gasteiger partial charge in [0.15, 0.2) is 0 Å². The molecular formula is C9H20N2O2S. The average Bonchev–Trinajstić information content (AvgIpc) is 2.93. The van der Waals surface area contributed by atoms with Gasteiger partial charge in [0, 0.05) is 6.54 Å². The summed E-state index contributed by atoms with van der Waals surface area (Å²) in [7, 11) is -3.01. The van der Waals surface area contributed by atoms with Crippen molar-refractivity contribution in [3.8, 4) is 0 Å². The molecule has 1 saturated carbocycles. The molecule has 0 saturated heterocycles. The highest BCUT2D eigenvalue weighted by molar-refractivity contribution is 7.89. The van der Waals surface area contributed by atoms with Crippen LogP contribution >= 0.6 is 0 Å². The molecule has 1 rings (SSSR count). The summed E-state index contributed by atoms with van der Waals surface area (Å²) in [6.07, 6.45) is 3.05. The molecular weight excluding hydrogens is 200 g/mol. The van der Waals surface area contributed by atoms with Crippen LogP contribution in [0.4, 0.5) is 0 Å². The van der Waals surface area contributed by atoms with Gasteiger partial charge in [-0.15, -0.1) is 0 Å². The van der Waals surface area contributed by atoms with E-state index in [1.807, 2.05) is 6.92 Å². The van der Waals surface area contributed by atoms with Gasteiger partial charge in [-0.05, 0) is 38.3 Å². The van der Waals surface area contributed by atoms with Crippen LogP contribution in [0.15, 0.2) is 0 Å². The zero-order valence-corrected chi connectivity index (χ0v) is 9.57. The van der Waals surface area contributed by atoms with E-state index in [0.29, 0.717) is 18.9 Å². The van der Waals surface area contributed by atoms with E-state index in [-0.39, 0.29) is 5.75 Å². The molecule has 0 bridgehead atoms. The molecule has 14 heavy (non-hydrogen) atoms. The van der Waals surface area contributed by atoms with Crippen molar-refractivity contribution in [1.29, 1.82) is 0 Å². The Morgan fingerprint density at radius 1 is 1.36 bits per heavy atom. The predicted octanol–water partition coefficient (Wildman–Crippen LogP) is 0.315. The minimum atomic E-state index is -3.01. The minimum Gasteiger partial charge on any atom is -0.317 e. The Morgan fingerprint density at radius 3 is 2.64 bits per heavy atom. The van der Waals surface area contributed by atoms with Gasteiger partial charge in [-0.25, -0.2) is 13.1 Å². The highest BCUT2D eigenvalue weighted by Gasteiger charge is 2.23. The van der Waals surface area contributed by atoms with Crippen LogP contribution in [0.1, 0.15) is 26.2 Å². The molecule has 0 aromatic heterocycles. The highest BCUT2D eigenvalue weighted by Crippen LogP contribution is 2.27. The maximum Gasteiger partial charge on any atom is 0.211 e. The fourth-order valence-corrected chi connectivity index (χ4v) is 2.36. The number of hydrogen-bond acceptors (Lipinski definition) is 3. The molecule has 0 unspecified atom stereocenters. The summed E-state index contributed by atoms with van der Waals surface area (Å²) in [6.45, 7) is 4.33. The molecule has 0 aliphatic heterocycles. The lowest BCUT2D eigenvalue weighted by Crippen LogP contribution is -2.29. The first-order valence-electron chi connectivity index (χ1n) is 5.32. The van der Waals surface area contributed by atoms with Gasteiger partial charge in [-0.2, -0.15) is 0 Å². The van der Waals surface area contributed by atoms with E-state index in [2.05, 4.69) is 10.0 Å². The third-order valence-corrected chi connectivity index (χ3v) is 3.74. The standard InChI is InChI=1S/C9H20N2O2S/c1-2-10-6-3-7-14(12,13)11-8-9-4-5-9/h9-11H,2-8H2,1H3. The molecule has 84 valence electrons. The zero-order chi connectivity index (χ0) is 10.4. The summed E-state index contributed by atoms with van der Waals surface area (Å²) in [6, 6.07) is 0. The molecule has 0 atom stereocenters. The molecule has 2 N–H and O–H groups in total. The van der Waals surface area contributed by atoms with Crippen LogP contribution in [-0.4, -0.2) is 33.8 Å². The Balaban J connectivity index is 2.06. The van der Waals surface area contributed by atoms with Crippen LogP contribution in [-0.2, 0) is 10.0 Å². The first-order valence-corrected chi connectivity index (χ1v) is 6.97. The molecule has 0 radical (unpaired) electrons. The molecule has 0 aromatic rings. The van der Waals surface area contributed by atoms with Crippen LogP contribution in [0.3, 0.4) is 0 Å². The highest BCUT2D eigenvalue weighted by atomic mass is 32.2. The van der Waals surface area contributed by atoms with Gasteiger partial charge in [0.25, 0.3) is 0 Å². The van der Waals surface area contributed by atoms with Crippen LogP contribution in [0.2, 0.25) is 0 Å². The topological polar surface area (TPSA) is 58.2 Å². The Bertz CT molecular complexity index is 248. The number of sulfonamides is 1. The van der Waals surface area contributed by atoms with Crippen molar-refractivity contribution in [2.75, 3.05) is 25.4 Å². The van der Waals surface area contributed by atoms with E-state index in [1.165, 1.54) is 12.8 Å². The normalized spacial score (nSPS) is 17.2. The Kier molecular flexibility index (Phi) is 4.84. The SMILES string of the molecule is CCNCCCS(=O)(=O)NCC1CC1. The summed E-state index contributed by atoms with van der Waals surface area (Å²) < 4.78 is 25.4. The van der Waals surface area contributed by atoms with Gasteiger partial charge in [0.05, 0.1) is 5.75 Å². The molecule has 1 fully saturated rings. The molecule has 4 nitrogen and oxygen atoms in total. The van der Waals surface area contributed by atoms with Crippen LogP contribution in [0.25, 0.3) is 0 Å². The number of hydrogen-bond donors (Lipinski definition) is 2. The van der Waals surface area contributed by atoms with Crippen LogP contribution in [0, 0.1) is 5.92 Å². The van der Waals surface area contributed by atoms with Crippen molar-refractivity contribution in [2.24, 2.45) is 5.92 Å². The molecule has 0 heterocycles. The van der Waals surface area contributed by atoms with E-state index in [9.17, 15) is 8.42 Å². The first-order chi connectivity index (χ1) is 6.64. The molecule has 5 heteroatoms. The fourth-order valence-electron chi connectivity index (χ4n) is 1.20. The van der Waals surface area contributed by atoms with Crippen molar-refractivity contribution < 1.29 is 8.42 Å². The fraction of sp³-hybridized carbons (Fsp3) is 1.00. The van der Waals surface area contributed by atoms with E-state index >= 15 is 0 Å². The Morgan fingerprint density at radius 2 is 2.07 bits per heavy atom. The second-order valence-corrected chi connectivity index (χ2v) is 5.74. The molecule has 0 amide bonds. The second kappa shape index (κ2) is 5.68. The van der Waals surface area contributed by atoms with Gasteiger partial charge in [-0.3, -0.25) is 0 Å². The lowest BCUT2D eigenvalue weighted by Gasteiger charge is -2.05. The summed E-state index contributed by atoms with van der Waals surface area (Å²) in [5.74, 6) is 0.853. The van der Waals surface area contributed by atoms with Crippen molar-refractivity contribution in [2.45, 2.75) is 26.2 Å². The Labute approximate surface area is 86.5 Å². The third kappa shape index (κ3) is 5.57. The van der Waals surface area contributed by atoms with E-state index in [0.717, 1.165) is 13.1 Å². The summed E-state index contributed by atoms with van der Waals surface area (Å²) in [4.78, 5) is 0. The van der Waals surface area contributed by atoms with Crippen molar-refractivity contribution >= 4 is 10.0 Å². The quantitative estimate of drug-likeness (QED) is 0.579. The monoisotopic (exact) mass is 220 g/mol. The lowest BCUT2D eigenvalue weighted by molar-refractivity contribution is 0.572. The number of rotatable bonds is 8. The summed E-state index contributed by atoms with van der Waals surface area (Å²) >= 11 is 0. The summed E-state index contributed by atoms with van der Waals surface area (Å²) in [5, 5.41) is 3.11. The van der Waals surface area contributed by atoms with Crippen LogP contribution < -0.4 is 10.0 Å². The first kappa shape index (κ1) is 11.9. The molecule has 1 aliphatic carbocycles. The largest absolute Gasteiger partial charge is 0.317 e. The van der Waals surface area contributed by atoms with Gasteiger partial charge in [-0.1, -0.05) is 6.92 Å². The smallest absolute Gasteiger partial charge is 0.211 e. The van der Waals surface area contributed by atoms with Gasteiger partial charge in [0.2, 0.25) is 10.0 Å². The lowest BCUT2D eigenvalue weighted by atomic mass is 10.4. The van der Waals surface area contributed by atoms with Gasteiger partial charge in [0.1, 0.15) is 0 Å². The van der Waals surface area contributed by atoms with Crippen molar-refractivity contribution in [3.05, 3.63) is 0 Å². The van der Waals surface area contributed by atoms with E-state index in [1.54, 1.807) is 0 Å². The van der Waals surface area contributed by atoms with Gasteiger partial charge < -0.3 is 5.32 Å².